The van der Waals surface area contributed by atoms with Crippen molar-refractivity contribution in [3.05, 3.63) is 23.7 Å². The highest BCUT2D eigenvalue weighted by molar-refractivity contribution is 5.29. The highest BCUT2D eigenvalue weighted by Crippen LogP contribution is 2.07. The van der Waals surface area contributed by atoms with E-state index in [0.717, 1.165) is 5.57 Å². The van der Waals surface area contributed by atoms with Crippen LogP contribution in [0.25, 0.3) is 0 Å². The maximum Gasteiger partial charge on any atom is 0.137 e. The summed E-state index contributed by atoms with van der Waals surface area (Å²) in [6.45, 7) is 0.715. The van der Waals surface area contributed by atoms with Crippen molar-refractivity contribution >= 4 is 0 Å². The Morgan fingerprint density at radius 2 is 2.67 bits per heavy atom. The number of nitrogens with one attached hydrogen (secondary N) is 2. The van der Waals surface area contributed by atoms with E-state index < -0.39 is 0 Å². The number of rotatable bonds is 1. The van der Waals surface area contributed by atoms with Gasteiger partial charge >= 0.3 is 0 Å². The number of aliphatic hydroxyl groups is 1. The Morgan fingerprint density at radius 1 is 1.89 bits per heavy atom. The molecule has 3 nitrogen and oxygen atoms in total. The SMILES string of the molecule is CN/C=C1\CNC=C1O. The van der Waals surface area contributed by atoms with Gasteiger partial charge < -0.3 is 15.7 Å². The monoisotopic (exact) mass is 126 g/mol. The van der Waals surface area contributed by atoms with E-state index in [9.17, 15) is 0 Å². The summed E-state index contributed by atoms with van der Waals surface area (Å²) in [6.07, 6.45) is 3.36. The summed E-state index contributed by atoms with van der Waals surface area (Å²) in [5.41, 5.74) is 0.900. The maximum absolute atomic E-state index is 9.01. The first-order chi connectivity index (χ1) is 4.34. The van der Waals surface area contributed by atoms with Crippen LogP contribution in [-0.4, -0.2) is 18.7 Å². The summed E-state index contributed by atoms with van der Waals surface area (Å²) in [5.74, 6) is 0.323. The third-order valence-electron chi connectivity index (χ3n) is 1.18. The molecule has 0 saturated heterocycles. The first-order valence-corrected chi connectivity index (χ1v) is 2.84. The molecule has 0 aromatic rings. The Kier molecular flexibility index (Phi) is 1.63. The van der Waals surface area contributed by atoms with Crippen molar-refractivity contribution in [2.24, 2.45) is 0 Å². The topological polar surface area (TPSA) is 44.3 Å². The molecule has 0 fully saturated rings. The predicted octanol–water partition coefficient (Wildman–Crippen LogP) is 0.0923. The summed E-state index contributed by atoms with van der Waals surface area (Å²) in [6, 6.07) is 0. The first kappa shape index (κ1) is 6.01. The zero-order valence-corrected chi connectivity index (χ0v) is 5.31. The molecule has 0 amide bonds. The summed E-state index contributed by atoms with van der Waals surface area (Å²) in [4.78, 5) is 0. The molecule has 0 unspecified atom stereocenters. The van der Waals surface area contributed by atoms with Gasteiger partial charge in [-0.25, -0.2) is 0 Å². The molecular formula is C6H10N2O. The third-order valence-corrected chi connectivity index (χ3v) is 1.18. The summed E-state index contributed by atoms with van der Waals surface area (Å²) < 4.78 is 0. The Labute approximate surface area is 54.1 Å². The van der Waals surface area contributed by atoms with Gasteiger partial charge in [0.2, 0.25) is 0 Å². The van der Waals surface area contributed by atoms with E-state index in [-0.39, 0.29) is 0 Å². The van der Waals surface area contributed by atoms with E-state index >= 15 is 0 Å². The zero-order chi connectivity index (χ0) is 6.69. The molecule has 0 radical (unpaired) electrons. The lowest BCUT2D eigenvalue weighted by Crippen LogP contribution is -2.04. The molecular weight excluding hydrogens is 116 g/mol. The van der Waals surface area contributed by atoms with Gasteiger partial charge in [0.15, 0.2) is 0 Å². The Bertz CT molecular complexity index is 160. The van der Waals surface area contributed by atoms with Crippen LogP contribution in [0.3, 0.4) is 0 Å². The van der Waals surface area contributed by atoms with E-state index in [1.54, 1.807) is 19.4 Å². The molecule has 0 aromatic heterocycles. The minimum absolute atomic E-state index is 0.323. The van der Waals surface area contributed by atoms with Crippen LogP contribution in [0.15, 0.2) is 23.7 Å². The normalized spacial score (nSPS) is 21.4. The van der Waals surface area contributed by atoms with Gasteiger partial charge in [-0.3, -0.25) is 0 Å². The molecule has 1 heterocycles. The molecule has 0 spiro atoms. The molecule has 9 heavy (non-hydrogen) atoms. The molecule has 50 valence electrons. The van der Waals surface area contributed by atoms with Crippen molar-refractivity contribution in [3.8, 4) is 0 Å². The van der Waals surface area contributed by atoms with Gasteiger partial charge in [0.05, 0.1) is 0 Å². The van der Waals surface area contributed by atoms with Crippen molar-refractivity contribution in [2.45, 2.75) is 0 Å². The van der Waals surface area contributed by atoms with Crippen molar-refractivity contribution < 1.29 is 5.11 Å². The molecule has 0 atom stereocenters. The second-order valence-corrected chi connectivity index (χ2v) is 1.87. The minimum Gasteiger partial charge on any atom is -0.506 e. The Balaban J connectivity index is 2.62. The summed E-state index contributed by atoms with van der Waals surface area (Å²) >= 11 is 0. The van der Waals surface area contributed by atoms with Crippen molar-refractivity contribution in [3.63, 3.8) is 0 Å². The van der Waals surface area contributed by atoms with Crippen LogP contribution < -0.4 is 10.6 Å². The average Bonchev–Trinajstić information content (AvgIpc) is 2.18. The molecule has 0 aliphatic carbocycles. The second kappa shape index (κ2) is 2.44. The lowest BCUT2D eigenvalue weighted by molar-refractivity contribution is 0.426. The van der Waals surface area contributed by atoms with Gasteiger partial charge in [0, 0.05) is 31.6 Å². The van der Waals surface area contributed by atoms with Crippen molar-refractivity contribution in [1.82, 2.24) is 10.6 Å². The largest absolute Gasteiger partial charge is 0.506 e. The fourth-order valence-electron chi connectivity index (χ4n) is 0.740. The zero-order valence-electron chi connectivity index (χ0n) is 5.31. The van der Waals surface area contributed by atoms with Crippen LogP contribution in [0.2, 0.25) is 0 Å². The van der Waals surface area contributed by atoms with Crippen LogP contribution in [0.1, 0.15) is 0 Å². The summed E-state index contributed by atoms with van der Waals surface area (Å²) in [5, 5.41) is 14.7. The smallest absolute Gasteiger partial charge is 0.137 e. The third kappa shape index (κ3) is 1.16. The predicted molar refractivity (Wildman–Crippen MR) is 35.9 cm³/mol. The molecule has 0 bridgehead atoms. The van der Waals surface area contributed by atoms with E-state index in [2.05, 4.69) is 10.6 Å². The minimum atomic E-state index is 0.323. The quantitative estimate of drug-likeness (QED) is 0.466. The van der Waals surface area contributed by atoms with Gasteiger partial charge in [-0.05, 0) is 0 Å². The number of hydrogen-bond acceptors (Lipinski definition) is 3. The second-order valence-electron chi connectivity index (χ2n) is 1.87. The van der Waals surface area contributed by atoms with Crippen LogP contribution >= 0.6 is 0 Å². The fourth-order valence-corrected chi connectivity index (χ4v) is 0.740. The van der Waals surface area contributed by atoms with E-state index in [0.29, 0.717) is 12.3 Å². The summed E-state index contributed by atoms with van der Waals surface area (Å²) in [7, 11) is 1.80. The molecule has 0 aromatic carbocycles. The lowest BCUT2D eigenvalue weighted by Gasteiger charge is -1.94. The van der Waals surface area contributed by atoms with Crippen LogP contribution in [0.5, 0.6) is 0 Å². The van der Waals surface area contributed by atoms with Crippen LogP contribution in [-0.2, 0) is 0 Å². The first-order valence-electron chi connectivity index (χ1n) is 2.84. The molecule has 1 aliphatic heterocycles. The van der Waals surface area contributed by atoms with Crippen LogP contribution in [0, 0.1) is 0 Å². The van der Waals surface area contributed by atoms with E-state index in [1.807, 2.05) is 0 Å². The maximum atomic E-state index is 9.01. The standard InChI is InChI=1S/C6H10N2O/c1-7-2-5-3-8-4-6(5)9/h2,4,7-9H,3H2,1H3/b5-2+. The van der Waals surface area contributed by atoms with Gasteiger partial charge in [0.1, 0.15) is 5.76 Å². The van der Waals surface area contributed by atoms with E-state index in [1.165, 1.54) is 0 Å². The number of aliphatic hydroxyl groups excluding tert-OH is 1. The van der Waals surface area contributed by atoms with Gasteiger partial charge in [0.25, 0.3) is 0 Å². The highest BCUT2D eigenvalue weighted by Gasteiger charge is 2.06. The molecule has 3 N–H and O–H groups in total. The Morgan fingerprint density at radius 3 is 3.11 bits per heavy atom. The van der Waals surface area contributed by atoms with E-state index in [4.69, 9.17) is 5.11 Å². The molecule has 0 saturated carbocycles. The lowest BCUT2D eigenvalue weighted by atomic mass is 10.3. The molecule has 3 heteroatoms. The molecule has 1 aliphatic rings. The molecule has 1 rings (SSSR count). The van der Waals surface area contributed by atoms with Gasteiger partial charge in [-0.1, -0.05) is 0 Å². The number of hydrogen-bond donors (Lipinski definition) is 3. The Hall–Kier alpha value is -1.12. The van der Waals surface area contributed by atoms with Gasteiger partial charge in [-0.2, -0.15) is 0 Å². The van der Waals surface area contributed by atoms with Gasteiger partial charge in [-0.15, -0.1) is 0 Å². The van der Waals surface area contributed by atoms with Crippen molar-refractivity contribution in [2.75, 3.05) is 13.6 Å². The average molecular weight is 126 g/mol. The van der Waals surface area contributed by atoms with Crippen molar-refractivity contribution in [1.29, 1.82) is 0 Å². The fraction of sp³-hybridized carbons (Fsp3) is 0.333. The highest BCUT2D eigenvalue weighted by atomic mass is 16.3. The van der Waals surface area contributed by atoms with Crippen LogP contribution in [0.4, 0.5) is 0 Å².